The predicted molar refractivity (Wildman–Crippen MR) is 105 cm³/mol. The number of esters is 1. The largest absolute Gasteiger partial charge is 0.449 e. The lowest BCUT2D eigenvalue weighted by molar-refractivity contribution is -0.123. The molecule has 1 heterocycles. The Morgan fingerprint density at radius 3 is 2.74 bits per heavy atom. The van der Waals surface area contributed by atoms with Crippen LogP contribution < -0.4 is 5.32 Å². The molecule has 1 aromatic carbocycles. The number of hydrogen-bond donors (Lipinski definition) is 1. The second kappa shape index (κ2) is 8.55. The lowest BCUT2D eigenvalue weighted by Gasteiger charge is -2.13. The number of fused-ring (bicyclic) bond motifs is 1. The summed E-state index contributed by atoms with van der Waals surface area (Å²) < 4.78 is 5.23. The van der Waals surface area contributed by atoms with Crippen LogP contribution in [0.5, 0.6) is 0 Å². The van der Waals surface area contributed by atoms with Gasteiger partial charge in [0, 0.05) is 4.88 Å². The number of hydrogen-bond acceptors (Lipinski definition) is 5. The maximum absolute atomic E-state index is 12.5. The van der Waals surface area contributed by atoms with Crippen LogP contribution in [-0.4, -0.2) is 18.0 Å². The monoisotopic (exact) mass is 402 g/mol. The van der Waals surface area contributed by atoms with E-state index in [0.29, 0.717) is 10.6 Å². The first kappa shape index (κ1) is 19.4. The molecule has 27 heavy (non-hydrogen) atoms. The van der Waals surface area contributed by atoms with Gasteiger partial charge < -0.3 is 10.1 Å². The Morgan fingerprint density at radius 1 is 1.26 bits per heavy atom. The fraction of sp³-hybridized carbons (Fsp3) is 0.350. The smallest absolute Gasteiger partial charge is 0.340 e. The van der Waals surface area contributed by atoms with Crippen LogP contribution in [0.3, 0.4) is 0 Å². The zero-order chi connectivity index (χ0) is 19.4. The van der Waals surface area contributed by atoms with E-state index in [-0.39, 0.29) is 10.6 Å². The SMILES string of the molecule is CC(OC(=O)c1ccccc1Cl)C(=O)Nc1sc2c(c1C#N)CCCCC2. The van der Waals surface area contributed by atoms with E-state index in [1.165, 1.54) is 23.1 Å². The average molecular weight is 403 g/mol. The molecule has 5 nitrogen and oxygen atoms in total. The third-order valence-corrected chi connectivity index (χ3v) is 6.05. The molecule has 1 aliphatic carbocycles. The van der Waals surface area contributed by atoms with Crippen molar-refractivity contribution in [1.29, 1.82) is 5.26 Å². The van der Waals surface area contributed by atoms with Gasteiger partial charge in [0.2, 0.25) is 0 Å². The highest BCUT2D eigenvalue weighted by atomic mass is 35.5. The molecule has 1 aromatic heterocycles. The second-order valence-corrected chi connectivity index (χ2v) is 7.91. The van der Waals surface area contributed by atoms with Crippen LogP contribution >= 0.6 is 22.9 Å². The zero-order valence-corrected chi connectivity index (χ0v) is 16.5. The summed E-state index contributed by atoms with van der Waals surface area (Å²) in [6.07, 6.45) is 4.09. The van der Waals surface area contributed by atoms with Crippen LogP contribution in [0.25, 0.3) is 0 Å². The van der Waals surface area contributed by atoms with Gasteiger partial charge in [-0.2, -0.15) is 5.26 Å². The number of amides is 1. The highest BCUT2D eigenvalue weighted by Crippen LogP contribution is 2.37. The number of anilines is 1. The molecule has 0 aliphatic heterocycles. The summed E-state index contributed by atoms with van der Waals surface area (Å²) in [6.45, 7) is 1.49. The molecule has 1 amide bonds. The topological polar surface area (TPSA) is 79.2 Å². The minimum Gasteiger partial charge on any atom is -0.449 e. The molecule has 0 bridgehead atoms. The Morgan fingerprint density at radius 2 is 2.00 bits per heavy atom. The number of nitrogens with zero attached hydrogens (tertiary/aromatic N) is 1. The first-order valence-electron chi connectivity index (χ1n) is 8.82. The zero-order valence-electron chi connectivity index (χ0n) is 14.9. The van der Waals surface area contributed by atoms with Gasteiger partial charge in [0.25, 0.3) is 5.91 Å². The van der Waals surface area contributed by atoms with Crippen molar-refractivity contribution in [3.8, 4) is 6.07 Å². The summed E-state index contributed by atoms with van der Waals surface area (Å²) >= 11 is 7.43. The van der Waals surface area contributed by atoms with E-state index in [1.807, 2.05) is 0 Å². The number of nitriles is 1. The third kappa shape index (κ3) is 4.32. The van der Waals surface area contributed by atoms with E-state index in [1.54, 1.807) is 24.3 Å². The average Bonchev–Trinajstić information content (AvgIpc) is 2.81. The van der Waals surface area contributed by atoms with Crippen molar-refractivity contribution in [3.05, 3.63) is 50.9 Å². The van der Waals surface area contributed by atoms with Crippen molar-refractivity contribution in [2.45, 2.75) is 45.1 Å². The summed E-state index contributed by atoms with van der Waals surface area (Å²) in [7, 11) is 0. The summed E-state index contributed by atoms with van der Waals surface area (Å²) in [4.78, 5) is 25.9. The highest BCUT2D eigenvalue weighted by Gasteiger charge is 2.25. The van der Waals surface area contributed by atoms with E-state index >= 15 is 0 Å². The molecule has 1 N–H and O–H groups in total. The van der Waals surface area contributed by atoms with Crippen LogP contribution in [0.2, 0.25) is 5.02 Å². The van der Waals surface area contributed by atoms with Crippen molar-refractivity contribution in [2.75, 3.05) is 5.32 Å². The Hall–Kier alpha value is -2.36. The van der Waals surface area contributed by atoms with Crippen LogP contribution in [0.15, 0.2) is 24.3 Å². The Bertz CT molecular complexity index is 916. The van der Waals surface area contributed by atoms with Crippen LogP contribution in [0.1, 0.15) is 52.5 Å². The lowest BCUT2D eigenvalue weighted by Crippen LogP contribution is -2.30. The number of carbonyl (C=O) groups is 2. The van der Waals surface area contributed by atoms with E-state index in [0.717, 1.165) is 37.7 Å². The van der Waals surface area contributed by atoms with Gasteiger partial charge in [0.05, 0.1) is 16.1 Å². The van der Waals surface area contributed by atoms with Gasteiger partial charge >= 0.3 is 5.97 Å². The lowest BCUT2D eigenvalue weighted by atomic mass is 10.1. The fourth-order valence-electron chi connectivity index (χ4n) is 3.07. The van der Waals surface area contributed by atoms with Gasteiger partial charge in [-0.3, -0.25) is 4.79 Å². The van der Waals surface area contributed by atoms with Crippen molar-refractivity contribution in [3.63, 3.8) is 0 Å². The maximum atomic E-state index is 12.5. The maximum Gasteiger partial charge on any atom is 0.340 e. The molecule has 2 aromatic rings. The van der Waals surface area contributed by atoms with E-state index in [4.69, 9.17) is 16.3 Å². The molecule has 1 unspecified atom stereocenters. The quantitative estimate of drug-likeness (QED) is 0.592. The van der Waals surface area contributed by atoms with Gasteiger partial charge in [0.1, 0.15) is 11.1 Å². The third-order valence-electron chi connectivity index (χ3n) is 4.52. The molecule has 0 fully saturated rings. The number of benzene rings is 1. The van der Waals surface area contributed by atoms with Gasteiger partial charge in [-0.05, 0) is 50.3 Å². The molecule has 1 aliphatic rings. The predicted octanol–water partition coefficient (Wildman–Crippen LogP) is 4.73. The first-order valence-corrected chi connectivity index (χ1v) is 10.0. The molecule has 1 atom stereocenters. The summed E-state index contributed by atoms with van der Waals surface area (Å²) in [5.41, 5.74) is 1.80. The van der Waals surface area contributed by atoms with Crippen molar-refractivity contribution < 1.29 is 14.3 Å². The normalized spacial score (nSPS) is 14.4. The highest BCUT2D eigenvalue weighted by molar-refractivity contribution is 7.16. The molecule has 140 valence electrons. The summed E-state index contributed by atoms with van der Waals surface area (Å²) in [6, 6.07) is 8.73. The number of ether oxygens (including phenoxy) is 1. The number of thiophene rings is 1. The number of carbonyl (C=O) groups excluding carboxylic acids is 2. The van der Waals surface area contributed by atoms with E-state index < -0.39 is 18.0 Å². The molecule has 3 rings (SSSR count). The van der Waals surface area contributed by atoms with Gasteiger partial charge in [-0.25, -0.2) is 4.79 Å². The molecular formula is C20H19ClN2O3S. The van der Waals surface area contributed by atoms with Crippen molar-refractivity contribution in [2.24, 2.45) is 0 Å². The standard InChI is InChI=1S/C20H19ClN2O3S/c1-12(26-20(25)14-8-5-6-9-16(14)21)18(24)23-19-15(11-22)13-7-3-2-4-10-17(13)27-19/h5-6,8-9,12H,2-4,7,10H2,1H3,(H,23,24). The minimum absolute atomic E-state index is 0.208. The molecule has 0 radical (unpaired) electrons. The molecular weight excluding hydrogens is 384 g/mol. The first-order chi connectivity index (χ1) is 13.0. The molecule has 0 saturated carbocycles. The van der Waals surface area contributed by atoms with E-state index in [2.05, 4.69) is 11.4 Å². The number of halogens is 1. The van der Waals surface area contributed by atoms with Gasteiger partial charge in [-0.15, -0.1) is 11.3 Å². The number of aryl methyl sites for hydroxylation is 1. The molecule has 0 spiro atoms. The second-order valence-electron chi connectivity index (χ2n) is 6.40. The molecule has 0 saturated heterocycles. The Balaban J connectivity index is 1.71. The summed E-state index contributed by atoms with van der Waals surface area (Å²) in [5, 5.41) is 13.1. The Labute approximate surface area is 166 Å². The summed E-state index contributed by atoms with van der Waals surface area (Å²) in [5.74, 6) is -1.13. The minimum atomic E-state index is -1.01. The van der Waals surface area contributed by atoms with Gasteiger partial charge in [-0.1, -0.05) is 30.2 Å². The van der Waals surface area contributed by atoms with Crippen molar-refractivity contribution in [1.82, 2.24) is 0 Å². The van der Waals surface area contributed by atoms with E-state index in [9.17, 15) is 14.9 Å². The van der Waals surface area contributed by atoms with Crippen LogP contribution in [-0.2, 0) is 22.4 Å². The van der Waals surface area contributed by atoms with Crippen LogP contribution in [0, 0.1) is 11.3 Å². The molecule has 7 heteroatoms. The number of nitrogens with one attached hydrogen (secondary N) is 1. The van der Waals surface area contributed by atoms with Gasteiger partial charge in [0.15, 0.2) is 6.10 Å². The fourth-order valence-corrected chi connectivity index (χ4v) is 4.52. The number of rotatable bonds is 4. The van der Waals surface area contributed by atoms with Crippen molar-refractivity contribution >= 4 is 39.8 Å². The Kier molecular flexibility index (Phi) is 6.15. The van der Waals surface area contributed by atoms with Crippen LogP contribution in [0.4, 0.5) is 5.00 Å².